The fraction of sp³-hybridized carbons (Fsp3) is 1.00. The van der Waals surface area contributed by atoms with Crippen LogP contribution in [-0.2, 0) is 0 Å². The van der Waals surface area contributed by atoms with Crippen molar-refractivity contribution in [2.75, 3.05) is 13.1 Å². The van der Waals surface area contributed by atoms with Crippen LogP contribution >= 0.6 is 0 Å². The molecule has 4 unspecified atom stereocenters. The maximum absolute atomic E-state index is 6.37. The van der Waals surface area contributed by atoms with E-state index in [1.165, 1.54) is 19.4 Å². The van der Waals surface area contributed by atoms with Crippen LogP contribution in [0.2, 0.25) is 0 Å². The molecular weight excluding hydrogens is 196 g/mol. The van der Waals surface area contributed by atoms with Gasteiger partial charge in [-0.3, -0.25) is 4.90 Å². The first kappa shape index (κ1) is 14.0. The van der Waals surface area contributed by atoms with Crippen molar-refractivity contribution in [1.29, 1.82) is 0 Å². The van der Waals surface area contributed by atoms with Gasteiger partial charge in [-0.05, 0) is 38.5 Å². The molecule has 1 fully saturated rings. The molecule has 0 spiro atoms. The molecule has 16 heavy (non-hydrogen) atoms. The van der Waals surface area contributed by atoms with E-state index in [2.05, 4.69) is 39.5 Å². The quantitative estimate of drug-likeness (QED) is 0.798. The summed E-state index contributed by atoms with van der Waals surface area (Å²) in [5.41, 5.74) is 6.36. The summed E-state index contributed by atoms with van der Waals surface area (Å²) in [5.74, 6) is 1.63. The molecule has 2 heteroatoms. The zero-order chi connectivity index (χ0) is 12.3. The van der Waals surface area contributed by atoms with E-state index in [1.807, 2.05) is 0 Å². The fourth-order valence-corrected chi connectivity index (χ4v) is 3.16. The van der Waals surface area contributed by atoms with Crippen molar-refractivity contribution in [1.82, 2.24) is 4.90 Å². The van der Waals surface area contributed by atoms with Crippen molar-refractivity contribution >= 4 is 0 Å². The van der Waals surface area contributed by atoms with Gasteiger partial charge in [-0.2, -0.15) is 0 Å². The van der Waals surface area contributed by atoms with E-state index in [1.54, 1.807) is 0 Å². The Morgan fingerprint density at radius 3 is 2.50 bits per heavy atom. The van der Waals surface area contributed by atoms with Crippen molar-refractivity contribution in [3.8, 4) is 0 Å². The van der Waals surface area contributed by atoms with Crippen molar-refractivity contribution < 1.29 is 0 Å². The Kier molecular flexibility index (Phi) is 4.81. The Balaban J connectivity index is 2.57. The van der Waals surface area contributed by atoms with Crippen LogP contribution in [-0.4, -0.2) is 29.6 Å². The molecule has 0 saturated carbocycles. The lowest BCUT2D eigenvalue weighted by Gasteiger charge is -2.44. The predicted octanol–water partition coefficient (Wildman–Crippen LogP) is 2.87. The summed E-state index contributed by atoms with van der Waals surface area (Å²) in [6.45, 7) is 13.8. The average Bonchev–Trinajstić information content (AvgIpc) is 2.12. The smallest absolute Gasteiger partial charge is 0.0254 e. The molecule has 2 N–H and O–H groups in total. The van der Waals surface area contributed by atoms with Gasteiger partial charge < -0.3 is 5.73 Å². The molecule has 4 atom stereocenters. The number of nitrogens with two attached hydrogens (primary N) is 1. The van der Waals surface area contributed by atoms with Crippen molar-refractivity contribution in [3.05, 3.63) is 0 Å². The third-order valence-electron chi connectivity index (χ3n) is 4.11. The molecule has 0 aromatic heterocycles. The topological polar surface area (TPSA) is 29.3 Å². The van der Waals surface area contributed by atoms with Gasteiger partial charge in [0.05, 0.1) is 0 Å². The number of nitrogens with zero attached hydrogens (tertiary/aromatic N) is 1. The van der Waals surface area contributed by atoms with E-state index in [4.69, 9.17) is 5.73 Å². The third kappa shape index (κ3) is 3.74. The van der Waals surface area contributed by atoms with Gasteiger partial charge in [0.25, 0.3) is 0 Å². The molecule has 0 aromatic rings. The second-order valence-corrected chi connectivity index (χ2v) is 6.39. The van der Waals surface area contributed by atoms with Crippen molar-refractivity contribution in [3.63, 3.8) is 0 Å². The molecule has 0 radical (unpaired) electrons. The van der Waals surface area contributed by atoms with Gasteiger partial charge in [0.2, 0.25) is 0 Å². The Hall–Kier alpha value is -0.0800. The standard InChI is InChI=1S/C14H30N2/c1-6-7-14(5,15)10-16-9-11(2)8-12(3)13(16)4/h11-13H,6-10,15H2,1-5H3. The highest BCUT2D eigenvalue weighted by atomic mass is 15.2. The number of likely N-dealkylation sites (tertiary alicyclic amines) is 1. The minimum Gasteiger partial charge on any atom is -0.324 e. The van der Waals surface area contributed by atoms with Crippen LogP contribution in [0.5, 0.6) is 0 Å². The Morgan fingerprint density at radius 1 is 1.31 bits per heavy atom. The van der Waals surface area contributed by atoms with Crippen LogP contribution in [0.15, 0.2) is 0 Å². The van der Waals surface area contributed by atoms with E-state index < -0.39 is 0 Å². The highest BCUT2D eigenvalue weighted by molar-refractivity contribution is 4.89. The molecule has 0 amide bonds. The van der Waals surface area contributed by atoms with Crippen LogP contribution < -0.4 is 5.73 Å². The fourth-order valence-electron chi connectivity index (χ4n) is 3.16. The minimum atomic E-state index is -0.0141. The van der Waals surface area contributed by atoms with Crippen LogP contribution in [0.25, 0.3) is 0 Å². The van der Waals surface area contributed by atoms with Gasteiger partial charge in [0.1, 0.15) is 0 Å². The second kappa shape index (κ2) is 5.50. The number of hydrogen-bond donors (Lipinski definition) is 1. The van der Waals surface area contributed by atoms with E-state index >= 15 is 0 Å². The van der Waals surface area contributed by atoms with Gasteiger partial charge in [-0.1, -0.05) is 27.2 Å². The van der Waals surface area contributed by atoms with Gasteiger partial charge >= 0.3 is 0 Å². The molecule has 0 aromatic carbocycles. The summed E-state index contributed by atoms with van der Waals surface area (Å²) in [5, 5.41) is 0. The van der Waals surface area contributed by atoms with Gasteiger partial charge in [0.15, 0.2) is 0 Å². The normalized spacial score (nSPS) is 36.0. The maximum Gasteiger partial charge on any atom is 0.0254 e. The molecular formula is C14H30N2. The van der Waals surface area contributed by atoms with Gasteiger partial charge in [-0.25, -0.2) is 0 Å². The Bertz CT molecular complexity index is 213. The lowest BCUT2D eigenvalue weighted by molar-refractivity contribution is 0.0592. The largest absolute Gasteiger partial charge is 0.324 e. The van der Waals surface area contributed by atoms with Gasteiger partial charge in [0, 0.05) is 24.7 Å². The first-order chi connectivity index (χ1) is 7.35. The highest BCUT2D eigenvalue weighted by Gasteiger charge is 2.32. The molecule has 1 aliphatic rings. The van der Waals surface area contributed by atoms with Crippen LogP contribution in [0.3, 0.4) is 0 Å². The highest BCUT2D eigenvalue weighted by Crippen LogP contribution is 2.28. The summed E-state index contributed by atoms with van der Waals surface area (Å²) in [7, 11) is 0. The SMILES string of the molecule is CCCC(C)(N)CN1CC(C)CC(C)C1C. The zero-order valence-electron chi connectivity index (χ0n) is 11.8. The van der Waals surface area contributed by atoms with E-state index in [0.717, 1.165) is 24.8 Å². The van der Waals surface area contributed by atoms with Crippen LogP contribution in [0, 0.1) is 11.8 Å². The Morgan fingerprint density at radius 2 is 1.94 bits per heavy atom. The lowest BCUT2D eigenvalue weighted by atomic mass is 9.84. The monoisotopic (exact) mass is 226 g/mol. The molecule has 2 nitrogen and oxygen atoms in total. The van der Waals surface area contributed by atoms with E-state index in [0.29, 0.717) is 6.04 Å². The summed E-state index contributed by atoms with van der Waals surface area (Å²) >= 11 is 0. The average molecular weight is 226 g/mol. The van der Waals surface area contributed by atoms with Crippen LogP contribution in [0.1, 0.15) is 53.9 Å². The molecule has 1 saturated heterocycles. The summed E-state index contributed by atoms with van der Waals surface area (Å²) in [4.78, 5) is 2.61. The zero-order valence-corrected chi connectivity index (χ0v) is 11.8. The second-order valence-electron chi connectivity index (χ2n) is 6.39. The molecule has 1 heterocycles. The molecule has 1 aliphatic heterocycles. The number of piperidine rings is 1. The predicted molar refractivity (Wildman–Crippen MR) is 71.5 cm³/mol. The van der Waals surface area contributed by atoms with Crippen LogP contribution in [0.4, 0.5) is 0 Å². The third-order valence-corrected chi connectivity index (χ3v) is 4.11. The summed E-state index contributed by atoms with van der Waals surface area (Å²) in [6, 6.07) is 0.691. The maximum atomic E-state index is 6.37. The first-order valence-corrected chi connectivity index (χ1v) is 6.88. The summed E-state index contributed by atoms with van der Waals surface area (Å²) in [6.07, 6.45) is 3.67. The minimum absolute atomic E-state index is 0.0141. The molecule has 0 aliphatic carbocycles. The molecule has 1 rings (SSSR count). The van der Waals surface area contributed by atoms with E-state index in [-0.39, 0.29) is 5.54 Å². The number of rotatable bonds is 4. The molecule has 96 valence electrons. The Labute approximate surface area is 102 Å². The van der Waals surface area contributed by atoms with E-state index in [9.17, 15) is 0 Å². The number of hydrogen-bond acceptors (Lipinski definition) is 2. The lowest BCUT2D eigenvalue weighted by Crippen LogP contribution is -2.54. The first-order valence-electron chi connectivity index (χ1n) is 6.88. The van der Waals surface area contributed by atoms with Crippen molar-refractivity contribution in [2.45, 2.75) is 65.5 Å². The summed E-state index contributed by atoms with van der Waals surface area (Å²) < 4.78 is 0. The van der Waals surface area contributed by atoms with Gasteiger partial charge in [-0.15, -0.1) is 0 Å². The molecule has 0 bridgehead atoms. The van der Waals surface area contributed by atoms with Crippen molar-refractivity contribution in [2.24, 2.45) is 17.6 Å².